The molecular formula is C10H22N2. The molecule has 2 heteroatoms. The summed E-state index contributed by atoms with van der Waals surface area (Å²) in [7, 11) is 2.26. The van der Waals surface area contributed by atoms with Crippen LogP contribution in [0.15, 0.2) is 0 Å². The fraction of sp³-hybridized carbons (Fsp3) is 1.00. The zero-order valence-electron chi connectivity index (χ0n) is 8.64. The van der Waals surface area contributed by atoms with E-state index in [0.29, 0.717) is 0 Å². The van der Waals surface area contributed by atoms with Crippen LogP contribution in [-0.4, -0.2) is 37.6 Å². The summed E-state index contributed by atoms with van der Waals surface area (Å²) in [6, 6.07) is 0.797. The first-order chi connectivity index (χ1) is 5.77. The number of hydrogen-bond donors (Lipinski definition) is 1. The normalized spacial score (nSPS) is 18.8. The van der Waals surface area contributed by atoms with E-state index >= 15 is 0 Å². The molecule has 1 aliphatic rings. The maximum atomic E-state index is 3.31. The second kappa shape index (κ2) is 4.83. The summed E-state index contributed by atoms with van der Waals surface area (Å²) in [4.78, 5) is 2.52. The quantitative estimate of drug-likeness (QED) is 0.669. The molecule has 0 atom stereocenters. The number of nitrogens with zero attached hydrogens (tertiary/aromatic N) is 1. The first-order valence-electron chi connectivity index (χ1n) is 5.18. The van der Waals surface area contributed by atoms with Gasteiger partial charge in [-0.3, -0.25) is 0 Å². The van der Waals surface area contributed by atoms with Gasteiger partial charge in [-0.15, -0.1) is 0 Å². The van der Waals surface area contributed by atoms with Crippen molar-refractivity contribution in [2.24, 2.45) is 5.92 Å². The van der Waals surface area contributed by atoms with Crippen LogP contribution >= 0.6 is 0 Å². The summed E-state index contributed by atoms with van der Waals surface area (Å²) in [5.74, 6) is 0.913. The highest BCUT2D eigenvalue weighted by molar-refractivity contribution is 4.79. The van der Waals surface area contributed by atoms with E-state index in [0.717, 1.165) is 12.0 Å². The fourth-order valence-electron chi connectivity index (χ4n) is 1.95. The van der Waals surface area contributed by atoms with Crippen molar-refractivity contribution in [1.29, 1.82) is 0 Å². The van der Waals surface area contributed by atoms with Gasteiger partial charge in [0.1, 0.15) is 0 Å². The molecule has 1 saturated heterocycles. The van der Waals surface area contributed by atoms with Crippen molar-refractivity contribution in [3.05, 3.63) is 0 Å². The predicted molar refractivity (Wildman–Crippen MR) is 53.4 cm³/mol. The Balaban J connectivity index is 2.19. The van der Waals surface area contributed by atoms with Gasteiger partial charge in [0.15, 0.2) is 0 Å². The van der Waals surface area contributed by atoms with E-state index in [4.69, 9.17) is 0 Å². The molecule has 1 rings (SSSR count). The third kappa shape index (κ3) is 2.46. The average Bonchev–Trinajstić information content (AvgIpc) is 1.99. The number of hydrogen-bond acceptors (Lipinski definition) is 2. The standard InChI is InChI=1S/C10H22N2/c1-4-10(5-2)12(3)8-9-6-11-7-9/h9-11H,4-8H2,1-3H3. The lowest BCUT2D eigenvalue weighted by molar-refractivity contribution is 0.168. The molecule has 0 amide bonds. The van der Waals surface area contributed by atoms with Crippen LogP contribution < -0.4 is 5.32 Å². The minimum Gasteiger partial charge on any atom is -0.316 e. The molecule has 0 radical (unpaired) electrons. The highest BCUT2D eigenvalue weighted by Crippen LogP contribution is 2.11. The molecular weight excluding hydrogens is 148 g/mol. The van der Waals surface area contributed by atoms with E-state index in [2.05, 4.69) is 31.1 Å². The molecule has 0 spiro atoms. The zero-order valence-corrected chi connectivity index (χ0v) is 8.64. The van der Waals surface area contributed by atoms with Crippen molar-refractivity contribution < 1.29 is 0 Å². The summed E-state index contributed by atoms with van der Waals surface area (Å²) < 4.78 is 0. The minimum atomic E-state index is 0.797. The van der Waals surface area contributed by atoms with Crippen LogP contribution in [0.25, 0.3) is 0 Å². The van der Waals surface area contributed by atoms with Crippen LogP contribution in [0, 0.1) is 5.92 Å². The van der Waals surface area contributed by atoms with Crippen LogP contribution in [0.4, 0.5) is 0 Å². The van der Waals surface area contributed by atoms with Crippen molar-refractivity contribution in [2.75, 3.05) is 26.7 Å². The molecule has 0 saturated carbocycles. The Labute approximate surface area is 76.3 Å². The Morgan fingerprint density at radius 3 is 2.25 bits per heavy atom. The molecule has 72 valence electrons. The molecule has 0 unspecified atom stereocenters. The van der Waals surface area contributed by atoms with Crippen LogP contribution in [0.1, 0.15) is 26.7 Å². The van der Waals surface area contributed by atoms with Gasteiger partial charge in [0.05, 0.1) is 0 Å². The third-order valence-corrected chi connectivity index (χ3v) is 2.98. The van der Waals surface area contributed by atoms with Crippen molar-refractivity contribution in [2.45, 2.75) is 32.7 Å². The van der Waals surface area contributed by atoms with Gasteiger partial charge >= 0.3 is 0 Å². The first-order valence-corrected chi connectivity index (χ1v) is 5.18. The number of nitrogens with one attached hydrogen (secondary N) is 1. The van der Waals surface area contributed by atoms with Gasteiger partial charge in [0.2, 0.25) is 0 Å². The lowest BCUT2D eigenvalue weighted by atomic mass is 10.0. The molecule has 0 aromatic carbocycles. The fourth-order valence-corrected chi connectivity index (χ4v) is 1.95. The molecule has 1 aliphatic heterocycles. The molecule has 1 N–H and O–H groups in total. The molecule has 0 aromatic rings. The summed E-state index contributed by atoms with van der Waals surface area (Å²) in [5, 5.41) is 3.31. The third-order valence-electron chi connectivity index (χ3n) is 2.98. The van der Waals surface area contributed by atoms with Gasteiger partial charge in [-0.1, -0.05) is 13.8 Å². The van der Waals surface area contributed by atoms with E-state index in [1.165, 1.54) is 32.5 Å². The van der Waals surface area contributed by atoms with Crippen LogP contribution in [-0.2, 0) is 0 Å². The molecule has 1 fully saturated rings. The molecule has 2 nitrogen and oxygen atoms in total. The van der Waals surface area contributed by atoms with Crippen molar-refractivity contribution in [3.63, 3.8) is 0 Å². The zero-order chi connectivity index (χ0) is 8.97. The topological polar surface area (TPSA) is 15.3 Å². The average molecular weight is 170 g/mol. The summed E-state index contributed by atoms with van der Waals surface area (Å²) in [5.41, 5.74) is 0. The molecule has 12 heavy (non-hydrogen) atoms. The van der Waals surface area contributed by atoms with E-state index in [9.17, 15) is 0 Å². The van der Waals surface area contributed by atoms with Crippen molar-refractivity contribution in [3.8, 4) is 0 Å². The highest BCUT2D eigenvalue weighted by atomic mass is 15.1. The minimum absolute atomic E-state index is 0.797. The van der Waals surface area contributed by atoms with E-state index in [1.54, 1.807) is 0 Å². The molecule has 0 bridgehead atoms. The molecule has 0 aliphatic carbocycles. The first kappa shape index (κ1) is 10.0. The Kier molecular flexibility index (Phi) is 4.02. The second-order valence-corrected chi connectivity index (χ2v) is 3.93. The maximum absolute atomic E-state index is 3.31. The van der Waals surface area contributed by atoms with Gasteiger partial charge in [-0.25, -0.2) is 0 Å². The smallest absolute Gasteiger partial charge is 0.00870 e. The Bertz CT molecular complexity index is 117. The maximum Gasteiger partial charge on any atom is 0.00870 e. The van der Waals surface area contributed by atoms with Crippen molar-refractivity contribution in [1.82, 2.24) is 10.2 Å². The van der Waals surface area contributed by atoms with Crippen molar-refractivity contribution >= 4 is 0 Å². The van der Waals surface area contributed by atoms with Gasteiger partial charge in [0.25, 0.3) is 0 Å². The van der Waals surface area contributed by atoms with Gasteiger partial charge in [-0.2, -0.15) is 0 Å². The summed E-state index contributed by atoms with van der Waals surface area (Å²) >= 11 is 0. The molecule has 1 heterocycles. The second-order valence-electron chi connectivity index (χ2n) is 3.93. The summed E-state index contributed by atoms with van der Waals surface area (Å²) in [6.45, 7) is 8.29. The number of rotatable bonds is 5. The Morgan fingerprint density at radius 1 is 1.33 bits per heavy atom. The Hall–Kier alpha value is -0.0800. The van der Waals surface area contributed by atoms with Gasteiger partial charge in [-0.05, 0) is 25.8 Å². The summed E-state index contributed by atoms with van der Waals surface area (Å²) in [6.07, 6.45) is 2.57. The largest absolute Gasteiger partial charge is 0.316 e. The van der Waals surface area contributed by atoms with E-state index < -0.39 is 0 Å². The molecule has 0 aromatic heterocycles. The van der Waals surface area contributed by atoms with Crippen LogP contribution in [0.3, 0.4) is 0 Å². The SMILES string of the molecule is CCC(CC)N(C)CC1CNC1. The highest BCUT2D eigenvalue weighted by Gasteiger charge is 2.20. The van der Waals surface area contributed by atoms with E-state index in [1.807, 2.05) is 0 Å². The van der Waals surface area contributed by atoms with Gasteiger partial charge in [0, 0.05) is 25.7 Å². The van der Waals surface area contributed by atoms with Gasteiger partial charge < -0.3 is 10.2 Å². The van der Waals surface area contributed by atoms with E-state index in [-0.39, 0.29) is 0 Å². The lowest BCUT2D eigenvalue weighted by Crippen LogP contribution is -2.49. The lowest BCUT2D eigenvalue weighted by Gasteiger charge is -2.34. The Morgan fingerprint density at radius 2 is 1.92 bits per heavy atom. The van der Waals surface area contributed by atoms with Crippen LogP contribution in [0.2, 0.25) is 0 Å². The monoisotopic (exact) mass is 170 g/mol. The van der Waals surface area contributed by atoms with Crippen LogP contribution in [0.5, 0.6) is 0 Å². The predicted octanol–water partition coefficient (Wildman–Crippen LogP) is 1.33.